The van der Waals surface area contributed by atoms with E-state index in [9.17, 15) is 4.39 Å². The highest BCUT2D eigenvalue weighted by Crippen LogP contribution is 2.28. The Balaban J connectivity index is 3.13. The van der Waals surface area contributed by atoms with Crippen LogP contribution in [0.25, 0.3) is 0 Å². The lowest BCUT2D eigenvalue weighted by Crippen LogP contribution is -1.92. The molecule has 1 aromatic rings. The minimum absolute atomic E-state index is 0.0926. The van der Waals surface area contributed by atoms with Crippen LogP contribution in [0.2, 0.25) is 0 Å². The molecule has 1 rings (SSSR count). The van der Waals surface area contributed by atoms with Gasteiger partial charge in [0.1, 0.15) is 0 Å². The molecular formula is C8H8FO2. The van der Waals surface area contributed by atoms with E-state index in [4.69, 9.17) is 9.47 Å². The van der Waals surface area contributed by atoms with Crippen LogP contribution in [-0.2, 0) is 0 Å². The zero-order chi connectivity index (χ0) is 8.27. The Morgan fingerprint density at radius 3 is 2.55 bits per heavy atom. The van der Waals surface area contributed by atoms with E-state index in [1.165, 1.54) is 20.3 Å². The first-order valence-corrected chi connectivity index (χ1v) is 3.07. The van der Waals surface area contributed by atoms with Gasteiger partial charge in [0.05, 0.1) is 14.2 Å². The quantitative estimate of drug-likeness (QED) is 0.646. The second-order valence-electron chi connectivity index (χ2n) is 1.89. The predicted molar refractivity (Wildman–Crippen MR) is 38.3 cm³/mol. The minimum atomic E-state index is -0.535. The van der Waals surface area contributed by atoms with Crippen molar-refractivity contribution in [2.45, 2.75) is 0 Å². The first-order valence-electron chi connectivity index (χ1n) is 3.07. The molecule has 0 bridgehead atoms. The fourth-order valence-electron chi connectivity index (χ4n) is 0.791. The van der Waals surface area contributed by atoms with Crippen molar-refractivity contribution in [1.82, 2.24) is 0 Å². The molecule has 11 heavy (non-hydrogen) atoms. The minimum Gasteiger partial charge on any atom is -0.493 e. The Labute approximate surface area is 64.6 Å². The second kappa shape index (κ2) is 3.23. The number of hydrogen-bond acceptors (Lipinski definition) is 2. The van der Waals surface area contributed by atoms with Crippen LogP contribution >= 0.6 is 0 Å². The predicted octanol–water partition coefficient (Wildman–Crippen LogP) is 1.64. The lowest BCUT2D eigenvalue weighted by atomic mass is 10.3. The monoisotopic (exact) mass is 155 g/mol. The number of hydrogen-bond donors (Lipinski definition) is 0. The van der Waals surface area contributed by atoms with Crippen LogP contribution in [0.15, 0.2) is 12.1 Å². The van der Waals surface area contributed by atoms with E-state index in [0.717, 1.165) is 0 Å². The number of rotatable bonds is 2. The molecule has 1 radical (unpaired) electrons. The summed E-state index contributed by atoms with van der Waals surface area (Å²) in [6, 6.07) is 5.38. The Morgan fingerprint density at radius 1 is 1.36 bits per heavy atom. The lowest BCUT2D eigenvalue weighted by Gasteiger charge is -2.06. The molecule has 0 amide bonds. The van der Waals surface area contributed by atoms with Crippen molar-refractivity contribution in [1.29, 1.82) is 0 Å². The van der Waals surface area contributed by atoms with Gasteiger partial charge in [-0.2, -0.15) is 0 Å². The summed E-state index contributed by atoms with van der Waals surface area (Å²) in [5.74, 6) is -0.0643. The number of ether oxygens (including phenoxy) is 2. The van der Waals surface area contributed by atoms with E-state index in [1.54, 1.807) is 6.07 Å². The van der Waals surface area contributed by atoms with Crippen LogP contribution in [-0.4, -0.2) is 14.2 Å². The summed E-state index contributed by atoms with van der Waals surface area (Å²) in [5.41, 5.74) is 0. The van der Waals surface area contributed by atoms with Gasteiger partial charge in [0.15, 0.2) is 17.3 Å². The summed E-state index contributed by atoms with van der Waals surface area (Å²) in [5, 5.41) is 0. The normalized spacial score (nSPS) is 9.36. The molecule has 3 heteroatoms. The number of halogens is 1. The Bertz CT molecular complexity index is 248. The fourth-order valence-corrected chi connectivity index (χ4v) is 0.791. The highest BCUT2D eigenvalue weighted by atomic mass is 19.1. The molecule has 0 saturated carbocycles. The van der Waals surface area contributed by atoms with Crippen molar-refractivity contribution >= 4 is 0 Å². The molecule has 0 spiro atoms. The van der Waals surface area contributed by atoms with Crippen molar-refractivity contribution in [3.8, 4) is 11.5 Å². The average Bonchev–Trinajstić information content (AvgIpc) is 2.04. The summed E-state index contributed by atoms with van der Waals surface area (Å²) >= 11 is 0. The Hall–Kier alpha value is -1.25. The maximum absolute atomic E-state index is 12.8. The van der Waals surface area contributed by atoms with Gasteiger partial charge < -0.3 is 9.47 Å². The standard InChI is InChI=1S/C8H8FO2/c1-10-7-5-3-4-6(9)8(7)11-2/h3,5H,1-2H3. The van der Waals surface area contributed by atoms with Gasteiger partial charge in [-0.25, -0.2) is 4.39 Å². The van der Waals surface area contributed by atoms with Crippen LogP contribution in [0.3, 0.4) is 0 Å². The van der Waals surface area contributed by atoms with Crippen molar-refractivity contribution in [2.24, 2.45) is 0 Å². The third kappa shape index (κ3) is 1.42. The van der Waals surface area contributed by atoms with E-state index >= 15 is 0 Å². The Morgan fingerprint density at radius 2 is 2.09 bits per heavy atom. The summed E-state index contributed by atoms with van der Waals surface area (Å²) in [7, 11) is 2.84. The smallest absolute Gasteiger partial charge is 0.197 e. The number of methoxy groups -OCH3 is 2. The SMILES string of the molecule is COc1cc[c]c(F)c1OC. The van der Waals surface area contributed by atoms with Gasteiger partial charge in [0.2, 0.25) is 0 Å². The largest absolute Gasteiger partial charge is 0.493 e. The summed E-state index contributed by atoms with van der Waals surface area (Å²) < 4.78 is 22.3. The summed E-state index contributed by atoms with van der Waals surface area (Å²) in [4.78, 5) is 0. The molecule has 0 aromatic heterocycles. The van der Waals surface area contributed by atoms with Crippen molar-refractivity contribution in [3.05, 3.63) is 24.0 Å². The van der Waals surface area contributed by atoms with Gasteiger partial charge in [-0.15, -0.1) is 0 Å². The van der Waals surface area contributed by atoms with Crippen LogP contribution in [0.4, 0.5) is 4.39 Å². The van der Waals surface area contributed by atoms with E-state index in [-0.39, 0.29) is 5.75 Å². The molecule has 0 aliphatic heterocycles. The molecule has 0 saturated heterocycles. The highest BCUT2D eigenvalue weighted by Gasteiger charge is 2.07. The lowest BCUT2D eigenvalue weighted by molar-refractivity contribution is 0.337. The van der Waals surface area contributed by atoms with E-state index in [2.05, 4.69) is 6.07 Å². The molecule has 0 fully saturated rings. The zero-order valence-corrected chi connectivity index (χ0v) is 6.35. The third-order valence-electron chi connectivity index (χ3n) is 1.29. The molecule has 0 unspecified atom stereocenters. The molecular weight excluding hydrogens is 147 g/mol. The van der Waals surface area contributed by atoms with Crippen LogP contribution in [0, 0.1) is 11.9 Å². The average molecular weight is 155 g/mol. The Kier molecular flexibility index (Phi) is 2.31. The van der Waals surface area contributed by atoms with Gasteiger partial charge in [-0.3, -0.25) is 0 Å². The number of benzene rings is 1. The van der Waals surface area contributed by atoms with Gasteiger partial charge in [-0.05, 0) is 12.1 Å². The second-order valence-corrected chi connectivity index (χ2v) is 1.89. The van der Waals surface area contributed by atoms with Gasteiger partial charge in [0, 0.05) is 6.07 Å². The maximum Gasteiger partial charge on any atom is 0.197 e. The fraction of sp³-hybridized carbons (Fsp3) is 0.250. The summed E-state index contributed by atoms with van der Waals surface area (Å²) in [6.07, 6.45) is 0. The van der Waals surface area contributed by atoms with Crippen LogP contribution in [0.1, 0.15) is 0 Å². The van der Waals surface area contributed by atoms with Gasteiger partial charge >= 0.3 is 0 Å². The molecule has 0 aliphatic carbocycles. The van der Waals surface area contributed by atoms with Crippen LogP contribution in [0.5, 0.6) is 11.5 Å². The first-order chi connectivity index (χ1) is 5.29. The third-order valence-corrected chi connectivity index (χ3v) is 1.29. The molecule has 0 heterocycles. The topological polar surface area (TPSA) is 18.5 Å². The molecule has 0 atom stereocenters. The van der Waals surface area contributed by atoms with E-state index in [1.807, 2.05) is 0 Å². The maximum atomic E-state index is 12.8. The van der Waals surface area contributed by atoms with Gasteiger partial charge in [-0.1, -0.05) is 0 Å². The molecule has 0 aliphatic rings. The van der Waals surface area contributed by atoms with Crippen molar-refractivity contribution in [3.63, 3.8) is 0 Å². The van der Waals surface area contributed by atoms with Gasteiger partial charge in [0.25, 0.3) is 0 Å². The highest BCUT2D eigenvalue weighted by molar-refractivity contribution is 5.40. The first kappa shape index (κ1) is 7.85. The van der Waals surface area contributed by atoms with E-state index < -0.39 is 5.82 Å². The molecule has 1 aromatic carbocycles. The molecule has 0 N–H and O–H groups in total. The summed E-state index contributed by atoms with van der Waals surface area (Å²) in [6.45, 7) is 0. The van der Waals surface area contributed by atoms with Crippen LogP contribution < -0.4 is 9.47 Å². The van der Waals surface area contributed by atoms with E-state index in [0.29, 0.717) is 5.75 Å². The van der Waals surface area contributed by atoms with Crippen molar-refractivity contribution < 1.29 is 13.9 Å². The zero-order valence-electron chi connectivity index (χ0n) is 6.35. The molecule has 2 nitrogen and oxygen atoms in total. The molecule has 59 valence electrons. The van der Waals surface area contributed by atoms with Crippen molar-refractivity contribution in [2.75, 3.05) is 14.2 Å².